The Morgan fingerprint density at radius 3 is 2.53 bits per heavy atom. The minimum Gasteiger partial charge on any atom is -0.481 e. The average molecular weight is 275 g/mol. The molecule has 1 atom stereocenters. The third kappa shape index (κ3) is 10.3. The van der Waals surface area contributed by atoms with Crippen LogP contribution in [0.3, 0.4) is 0 Å². The number of nitrogens with zero attached hydrogens (tertiary/aromatic N) is 1. The fourth-order valence-electron chi connectivity index (χ4n) is 1.41. The van der Waals surface area contributed by atoms with Crippen LogP contribution in [-0.2, 0) is 9.53 Å². The Bertz CT molecular complexity index is 274. The van der Waals surface area contributed by atoms with Crippen LogP contribution in [0.5, 0.6) is 0 Å². The first-order valence-electron chi connectivity index (χ1n) is 6.53. The van der Waals surface area contributed by atoms with Gasteiger partial charge in [-0.2, -0.15) is 0 Å². The minimum atomic E-state index is -0.940. The van der Waals surface area contributed by atoms with E-state index in [4.69, 9.17) is 9.84 Å². The Balaban J connectivity index is 3.81. The summed E-state index contributed by atoms with van der Waals surface area (Å²) in [6.07, 6.45) is -0.612. The van der Waals surface area contributed by atoms with E-state index in [0.717, 1.165) is 13.1 Å². The molecule has 7 heteroatoms. The van der Waals surface area contributed by atoms with Gasteiger partial charge in [0.1, 0.15) is 0 Å². The molecule has 0 saturated carbocycles. The summed E-state index contributed by atoms with van der Waals surface area (Å²) in [6, 6.07) is -0.306. The zero-order valence-electron chi connectivity index (χ0n) is 11.9. The summed E-state index contributed by atoms with van der Waals surface area (Å²) in [6.45, 7) is 6.68. The van der Waals surface area contributed by atoms with Gasteiger partial charge in [0.05, 0.1) is 12.5 Å². The highest BCUT2D eigenvalue weighted by Gasteiger charge is 2.14. The van der Waals surface area contributed by atoms with Crippen molar-refractivity contribution < 1.29 is 19.4 Å². The number of amides is 2. The standard InChI is InChI=1S/C12H25N3O4/c1-4-15(3)7-6-13-12(18)14-9-10(19-5-2)8-11(16)17/h10H,4-9H2,1-3H3,(H,16,17)(H2,13,14,18). The molecule has 0 aromatic heterocycles. The molecule has 0 fully saturated rings. The number of ether oxygens (including phenoxy) is 1. The lowest BCUT2D eigenvalue weighted by Gasteiger charge is -2.17. The number of carboxylic acid groups (broad SMARTS) is 1. The molecule has 7 nitrogen and oxygen atoms in total. The number of aliphatic carboxylic acids is 1. The fraction of sp³-hybridized carbons (Fsp3) is 0.833. The van der Waals surface area contributed by atoms with Crippen LogP contribution < -0.4 is 10.6 Å². The number of nitrogens with one attached hydrogen (secondary N) is 2. The maximum absolute atomic E-state index is 11.5. The van der Waals surface area contributed by atoms with Gasteiger partial charge in [0.15, 0.2) is 0 Å². The Morgan fingerprint density at radius 2 is 2.00 bits per heavy atom. The molecule has 2 amide bonds. The zero-order chi connectivity index (χ0) is 14.7. The lowest BCUT2D eigenvalue weighted by molar-refractivity contribution is -0.140. The van der Waals surface area contributed by atoms with Crippen LogP contribution in [0, 0.1) is 0 Å². The molecule has 0 aromatic carbocycles. The molecule has 1 unspecified atom stereocenters. The first kappa shape index (κ1) is 17.7. The number of likely N-dealkylation sites (N-methyl/N-ethyl adjacent to an activating group) is 1. The first-order valence-corrected chi connectivity index (χ1v) is 6.53. The lowest BCUT2D eigenvalue weighted by atomic mass is 10.2. The molecule has 0 rings (SSSR count). The van der Waals surface area contributed by atoms with Gasteiger partial charge in [-0.3, -0.25) is 4.79 Å². The van der Waals surface area contributed by atoms with Gasteiger partial charge in [-0.05, 0) is 20.5 Å². The summed E-state index contributed by atoms with van der Waals surface area (Å²) < 4.78 is 5.23. The van der Waals surface area contributed by atoms with Gasteiger partial charge in [0.2, 0.25) is 0 Å². The van der Waals surface area contributed by atoms with Gasteiger partial charge in [0, 0.05) is 26.2 Å². The Hall–Kier alpha value is -1.34. The number of hydrogen-bond acceptors (Lipinski definition) is 4. The predicted octanol–water partition coefficient (Wildman–Crippen LogP) is 0.117. The Kier molecular flexibility index (Phi) is 9.82. The van der Waals surface area contributed by atoms with Gasteiger partial charge in [-0.25, -0.2) is 4.79 Å². The second kappa shape index (κ2) is 10.6. The van der Waals surface area contributed by atoms with Gasteiger partial charge >= 0.3 is 12.0 Å². The molecule has 0 aromatic rings. The van der Waals surface area contributed by atoms with Gasteiger partial charge in [0.25, 0.3) is 0 Å². The normalized spacial score (nSPS) is 12.2. The third-order valence-electron chi connectivity index (χ3n) is 2.61. The highest BCUT2D eigenvalue weighted by molar-refractivity contribution is 5.74. The van der Waals surface area contributed by atoms with Crippen LogP contribution >= 0.6 is 0 Å². The largest absolute Gasteiger partial charge is 0.481 e. The van der Waals surface area contributed by atoms with E-state index >= 15 is 0 Å². The van der Waals surface area contributed by atoms with Gasteiger partial charge in [-0.1, -0.05) is 6.92 Å². The van der Waals surface area contributed by atoms with Crippen molar-refractivity contribution >= 4 is 12.0 Å². The number of carboxylic acids is 1. The molecule has 0 heterocycles. The number of carbonyl (C=O) groups excluding carboxylic acids is 1. The molecule has 0 aliphatic heterocycles. The van der Waals surface area contributed by atoms with E-state index in [1.54, 1.807) is 6.92 Å². The fourth-order valence-corrected chi connectivity index (χ4v) is 1.41. The number of hydrogen-bond donors (Lipinski definition) is 3. The van der Waals surface area contributed by atoms with E-state index in [1.165, 1.54) is 0 Å². The average Bonchev–Trinajstić information content (AvgIpc) is 2.35. The molecule has 0 saturated heterocycles. The second-order valence-corrected chi connectivity index (χ2v) is 4.21. The van der Waals surface area contributed by atoms with E-state index in [1.807, 2.05) is 14.0 Å². The Morgan fingerprint density at radius 1 is 1.32 bits per heavy atom. The smallest absolute Gasteiger partial charge is 0.314 e. The maximum Gasteiger partial charge on any atom is 0.314 e. The molecule has 0 aliphatic carbocycles. The van der Waals surface area contributed by atoms with Crippen LogP contribution in [0.15, 0.2) is 0 Å². The topological polar surface area (TPSA) is 90.9 Å². The van der Waals surface area contributed by atoms with Crippen molar-refractivity contribution in [2.24, 2.45) is 0 Å². The molecule has 19 heavy (non-hydrogen) atoms. The predicted molar refractivity (Wildman–Crippen MR) is 72.2 cm³/mol. The van der Waals surface area contributed by atoms with Crippen LogP contribution in [0.1, 0.15) is 20.3 Å². The molecule has 0 radical (unpaired) electrons. The molecule has 112 valence electrons. The summed E-state index contributed by atoms with van der Waals surface area (Å²) in [5.41, 5.74) is 0. The van der Waals surface area contributed by atoms with Crippen LogP contribution in [0.25, 0.3) is 0 Å². The number of carbonyl (C=O) groups is 2. The van der Waals surface area contributed by atoms with E-state index in [2.05, 4.69) is 15.5 Å². The van der Waals surface area contributed by atoms with E-state index in [9.17, 15) is 9.59 Å². The van der Waals surface area contributed by atoms with Crippen molar-refractivity contribution in [3.8, 4) is 0 Å². The van der Waals surface area contributed by atoms with Gasteiger partial charge in [-0.15, -0.1) is 0 Å². The number of rotatable bonds is 10. The van der Waals surface area contributed by atoms with Crippen molar-refractivity contribution in [2.75, 3.05) is 39.8 Å². The number of urea groups is 1. The van der Waals surface area contributed by atoms with Crippen LogP contribution in [-0.4, -0.2) is 67.9 Å². The highest BCUT2D eigenvalue weighted by Crippen LogP contribution is 1.97. The van der Waals surface area contributed by atoms with Crippen LogP contribution in [0.4, 0.5) is 4.79 Å². The van der Waals surface area contributed by atoms with Crippen molar-refractivity contribution in [3.05, 3.63) is 0 Å². The maximum atomic E-state index is 11.5. The summed E-state index contributed by atoms with van der Waals surface area (Å²) in [5, 5.41) is 14.0. The van der Waals surface area contributed by atoms with Crippen molar-refractivity contribution in [1.29, 1.82) is 0 Å². The summed E-state index contributed by atoms with van der Waals surface area (Å²) >= 11 is 0. The molecule has 0 aliphatic rings. The van der Waals surface area contributed by atoms with E-state index in [0.29, 0.717) is 13.2 Å². The van der Waals surface area contributed by atoms with Crippen molar-refractivity contribution in [2.45, 2.75) is 26.4 Å². The summed E-state index contributed by atoms with van der Waals surface area (Å²) in [5.74, 6) is -0.940. The monoisotopic (exact) mass is 275 g/mol. The van der Waals surface area contributed by atoms with E-state index < -0.39 is 12.1 Å². The highest BCUT2D eigenvalue weighted by atomic mass is 16.5. The van der Waals surface area contributed by atoms with Gasteiger partial charge < -0.3 is 25.4 Å². The molecular formula is C12H25N3O4. The lowest BCUT2D eigenvalue weighted by Crippen LogP contribution is -2.43. The molecular weight excluding hydrogens is 250 g/mol. The molecule has 0 spiro atoms. The SMILES string of the molecule is CCOC(CNC(=O)NCCN(C)CC)CC(=O)O. The van der Waals surface area contributed by atoms with Crippen molar-refractivity contribution in [3.63, 3.8) is 0 Å². The minimum absolute atomic E-state index is 0.118. The zero-order valence-corrected chi connectivity index (χ0v) is 11.9. The second-order valence-electron chi connectivity index (χ2n) is 4.21. The van der Waals surface area contributed by atoms with E-state index in [-0.39, 0.29) is 19.0 Å². The quantitative estimate of drug-likeness (QED) is 0.527. The van der Waals surface area contributed by atoms with Crippen molar-refractivity contribution in [1.82, 2.24) is 15.5 Å². The first-order chi connectivity index (χ1) is 8.99. The Labute approximate surface area is 114 Å². The molecule has 0 bridgehead atoms. The summed E-state index contributed by atoms with van der Waals surface area (Å²) in [7, 11) is 1.97. The third-order valence-corrected chi connectivity index (χ3v) is 2.61. The van der Waals surface area contributed by atoms with Crippen LogP contribution in [0.2, 0.25) is 0 Å². The molecule has 3 N–H and O–H groups in total. The summed E-state index contributed by atoms with van der Waals surface area (Å²) in [4.78, 5) is 24.1.